The van der Waals surface area contributed by atoms with E-state index in [0.29, 0.717) is 17.6 Å². The molecule has 0 aromatic carbocycles. The van der Waals surface area contributed by atoms with Gasteiger partial charge in [-0.05, 0) is 43.9 Å². The molecule has 15 heavy (non-hydrogen) atoms. The molecule has 2 fully saturated rings. The second kappa shape index (κ2) is 4.42. The number of hydrogen-bond acceptors (Lipinski definition) is 2. The van der Waals surface area contributed by atoms with Crippen molar-refractivity contribution in [1.82, 2.24) is 5.32 Å². The molecule has 0 bridgehead atoms. The summed E-state index contributed by atoms with van der Waals surface area (Å²) in [6, 6.07) is 0.699. The van der Waals surface area contributed by atoms with E-state index in [9.17, 15) is 0 Å². The SMILES string of the molecule is CC1CC(NCC2(C(C)C)CC2)CCO1. The smallest absolute Gasteiger partial charge is 0.0561 e. The van der Waals surface area contributed by atoms with Gasteiger partial charge in [-0.3, -0.25) is 0 Å². The van der Waals surface area contributed by atoms with Gasteiger partial charge in [0.15, 0.2) is 0 Å². The molecule has 1 N–H and O–H groups in total. The van der Waals surface area contributed by atoms with Crippen LogP contribution in [0.1, 0.15) is 46.5 Å². The van der Waals surface area contributed by atoms with Crippen LogP contribution in [0.2, 0.25) is 0 Å². The Morgan fingerprint density at radius 1 is 1.40 bits per heavy atom. The summed E-state index contributed by atoms with van der Waals surface area (Å²) < 4.78 is 5.56. The maximum Gasteiger partial charge on any atom is 0.0561 e. The molecular formula is C13H25NO. The highest BCUT2D eigenvalue weighted by Crippen LogP contribution is 2.51. The fraction of sp³-hybridized carbons (Fsp3) is 1.00. The van der Waals surface area contributed by atoms with Gasteiger partial charge in [-0.1, -0.05) is 13.8 Å². The molecule has 2 atom stereocenters. The predicted molar refractivity (Wildman–Crippen MR) is 62.9 cm³/mol. The summed E-state index contributed by atoms with van der Waals surface area (Å²) in [4.78, 5) is 0. The molecule has 2 aliphatic rings. The molecule has 2 nitrogen and oxygen atoms in total. The second-order valence-electron chi connectivity index (χ2n) is 5.80. The molecular weight excluding hydrogens is 186 g/mol. The van der Waals surface area contributed by atoms with Crippen molar-refractivity contribution in [2.24, 2.45) is 11.3 Å². The van der Waals surface area contributed by atoms with Gasteiger partial charge in [0.05, 0.1) is 6.10 Å². The van der Waals surface area contributed by atoms with Crippen molar-refractivity contribution in [1.29, 1.82) is 0 Å². The zero-order valence-corrected chi connectivity index (χ0v) is 10.4. The molecule has 0 amide bonds. The Labute approximate surface area is 93.8 Å². The first kappa shape index (κ1) is 11.4. The standard InChI is InChI=1S/C13H25NO/c1-10(2)13(5-6-13)9-14-12-4-7-15-11(3)8-12/h10-12,14H,4-9H2,1-3H3. The third-order valence-electron chi connectivity index (χ3n) is 4.34. The lowest BCUT2D eigenvalue weighted by Gasteiger charge is -2.30. The van der Waals surface area contributed by atoms with Crippen LogP contribution in [0.5, 0.6) is 0 Å². The van der Waals surface area contributed by atoms with Crippen LogP contribution in [0.4, 0.5) is 0 Å². The summed E-state index contributed by atoms with van der Waals surface area (Å²) in [5, 5.41) is 3.76. The van der Waals surface area contributed by atoms with Crippen molar-refractivity contribution in [3.8, 4) is 0 Å². The highest BCUT2D eigenvalue weighted by molar-refractivity contribution is 4.97. The van der Waals surface area contributed by atoms with Crippen LogP contribution in [0, 0.1) is 11.3 Å². The molecule has 1 heterocycles. The monoisotopic (exact) mass is 211 g/mol. The van der Waals surface area contributed by atoms with E-state index in [-0.39, 0.29) is 0 Å². The Kier molecular flexibility index (Phi) is 3.36. The van der Waals surface area contributed by atoms with Gasteiger partial charge in [-0.25, -0.2) is 0 Å². The molecule has 0 spiro atoms. The van der Waals surface area contributed by atoms with Gasteiger partial charge < -0.3 is 10.1 Å². The minimum atomic E-state index is 0.449. The Morgan fingerprint density at radius 3 is 2.67 bits per heavy atom. The maximum atomic E-state index is 5.56. The first-order valence-corrected chi connectivity index (χ1v) is 6.47. The molecule has 2 heteroatoms. The van der Waals surface area contributed by atoms with Gasteiger partial charge in [-0.15, -0.1) is 0 Å². The summed E-state index contributed by atoms with van der Waals surface area (Å²) in [5.74, 6) is 0.835. The predicted octanol–water partition coefficient (Wildman–Crippen LogP) is 2.58. The maximum absolute atomic E-state index is 5.56. The highest BCUT2D eigenvalue weighted by atomic mass is 16.5. The van der Waals surface area contributed by atoms with Crippen LogP contribution >= 0.6 is 0 Å². The number of nitrogens with one attached hydrogen (secondary N) is 1. The van der Waals surface area contributed by atoms with Crippen molar-refractivity contribution in [3.63, 3.8) is 0 Å². The fourth-order valence-corrected chi connectivity index (χ4v) is 2.65. The van der Waals surface area contributed by atoms with E-state index in [2.05, 4.69) is 26.1 Å². The first-order valence-electron chi connectivity index (χ1n) is 6.47. The third kappa shape index (κ3) is 2.73. The molecule has 1 saturated heterocycles. The average Bonchev–Trinajstić information content (AvgIpc) is 2.96. The average molecular weight is 211 g/mol. The van der Waals surface area contributed by atoms with Gasteiger partial charge in [0, 0.05) is 19.2 Å². The largest absolute Gasteiger partial charge is 0.378 e. The van der Waals surface area contributed by atoms with E-state index < -0.39 is 0 Å². The molecule has 1 aliphatic carbocycles. The van der Waals surface area contributed by atoms with Crippen molar-refractivity contribution in [2.45, 2.75) is 58.6 Å². The van der Waals surface area contributed by atoms with Crippen LogP contribution in [0.15, 0.2) is 0 Å². The lowest BCUT2D eigenvalue weighted by molar-refractivity contribution is 0.0120. The first-order chi connectivity index (χ1) is 7.12. The van der Waals surface area contributed by atoms with Crippen LogP contribution in [0.3, 0.4) is 0 Å². The molecule has 1 aliphatic heterocycles. The lowest BCUT2D eigenvalue weighted by atomic mass is 9.91. The fourth-order valence-electron chi connectivity index (χ4n) is 2.65. The van der Waals surface area contributed by atoms with E-state index in [1.165, 1.54) is 32.2 Å². The number of rotatable bonds is 4. The van der Waals surface area contributed by atoms with E-state index in [0.717, 1.165) is 12.5 Å². The number of ether oxygens (including phenoxy) is 1. The summed E-state index contributed by atoms with van der Waals surface area (Å²) in [6.45, 7) is 9.07. The Bertz CT molecular complexity index is 211. The van der Waals surface area contributed by atoms with Gasteiger partial charge in [0.25, 0.3) is 0 Å². The topological polar surface area (TPSA) is 21.3 Å². The van der Waals surface area contributed by atoms with Crippen LogP contribution in [-0.2, 0) is 4.74 Å². The van der Waals surface area contributed by atoms with Crippen molar-refractivity contribution >= 4 is 0 Å². The molecule has 88 valence electrons. The van der Waals surface area contributed by atoms with Crippen molar-refractivity contribution in [3.05, 3.63) is 0 Å². The van der Waals surface area contributed by atoms with E-state index in [4.69, 9.17) is 4.74 Å². The van der Waals surface area contributed by atoms with Gasteiger partial charge in [-0.2, -0.15) is 0 Å². The molecule has 2 unspecified atom stereocenters. The summed E-state index contributed by atoms with van der Waals surface area (Å²) in [5.41, 5.74) is 0.640. The lowest BCUT2D eigenvalue weighted by Crippen LogP contribution is -2.41. The Morgan fingerprint density at radius 2 is 2.13 bits per heavy atom. The quantitative estimate of drug-likeness (QED) is 0.771. The highest BCUT2D eigenvalue weighted by Gasteiger charge is 2.45. The molecule has 1 saturated carbocycles. The van der Waals surface area contributed by atoms with Gasteiger partial charge in [0.1, 0.15) is 0 Å². The Hall–Kier alpha value is -0.0800. The summed E-state index contributed by atoms with van der Waals surface area (Å²) in [6.07, 6.45) is 5.69. The van der Waals surface area contributed by atoms with E-state index >= 15 is 0 Å². The second-order valence-corrected chi connectivity index (χ2v) is 5.80. The minimum Gasteiger partial charge on any atom is -0.378 e. The Balaban J connectivity index is 1.73. The summed E-state index contributed by atoms with van der Waals surface area (Å²) in [7, 11) is 0. The van der Waals surface area contributed by atoms with Crippen LogP contribution in [-0.4, -0.2) is 25.3 Å². The van der Waals surface area contributed by atoms with Gasteiger partial charge in [0.2, 0.25) is 0 Å². The van der Waals surface area contributed by atoms with E-state index in [1.54, 1.807) is 0 Å². The van der Waals surface area contributed by atoms with Crippen molar-refractivity contribution in [2.75, 3.05) is 13.2 Å². The number of hydrogen-bond donors (Lipinski definition) is 1. The van der Waals surface area contributed by atoms with Crippen molar-refractivity contribution < 1.29 is 4.74 Å². The summed E-state index contributed by atoms with van der Waals surface area (Å²) >= 11 is 0. The zero-order valence-electron chi connectivity index (χ0n) is 10.4. The molecule has 2 rings (SSSR count). The zero-order chi connectivity index (χ0) is 10.9. The van der Waals surface area contributed by atoms with E-state index in [1.807, 2.05) is 0 Å². The van der Waals surface area contributed by atoms with Gasteiger partial charge >= 0.3 is 0 Å². The minimum absolute atomic E-state index is 0.449. The normalized spacial score (nSPS) is 34.4. The molecule has 0 aromatic heterocycles. The third-order valence-corrected chi connectivity index (χ3v) is 4.34. The van der Waals surface area contributed by atoms with Crippen LogP contribution < -0.4 is 5.32 Å². The van der Waals surface area contributed by atoms with Crippen LogP contribution in [0.25, 0.3) is 0 Å². The molecule has 0 aromatic rings. The molecule has 0 radical (unpaired) electrons.